The fourth-order valence-corrected chi connectivity index (χ4v) is 0.883. The molecule has 1 rings (SSSR count). The van der Waals surface area contributed by atoms with Crippen LogP contribution in [0.3, 0.4) is 0 Å². The van der Waals surface area contributed by atoms with E-state index in [1.807, 2.05) is 0 Å². The summed E-state index contributed by atoms with van der Waals surface area (Å²) in [5, 5.41) is 25.9. The van der Waals surface area contributed by atoms with Crippen molar-refractivity contribution in [1.29, 1.82) is 5.26 Å². The van der Waals surface area contributed by atoms with E-state index in [1.54, 1.807) is 6.07 Å². The molecular formula is C9H7NO3. The molecule has 1 atom stereocenters. The smallest absolute Gasteiger partial charge is 0.335 e. The van der Waals surface area contributed by atoms with Crippen LogP contribution in [0.5, 0.6) is 0 Å². The summed E-state index contributed by atoms with van der Waals surface area (Å²) in [5.74, 6) is -1.03. The number of hydrogen-bond donors (Lipinski definition) is 2. The molecular weight excluding hydrogens is 170 g/mol. The van der Waals surface area contributed by atoms with Gasteiger partial charge in [0.1, 0.15) is 0 Å². The van der Waals surface area contributed by atoms with Gasteiger partial charge in [-0.2, -0.15) is 5.26 Å². The van der Waals surface area contributed by atoms with Crippen molar-refractivity contribution in [2.75, 3.05) is 0 Å². The SMILES string of the molecule is N#CC(O)c1ccc(C(=O)O)cc1. The van der Waals surface area contributed by atoms with Crippen molar-refractivity contribution in [2.24, 2.45) is 0 Å². The van der Waals surface area contributed by atoms with E-state index in [0.717, 1.165) is 0 Å². The second kappa shape index (κ2) is 3.70. The van der Waals surface area contributed by atoms with Crippen LogP contribution in [0.1, 0.15) is 22.0 Å². The van der Waals surface area contributed by atoms with E-state index in [2.05, 4.69) is 0 Å². The van der Waals surface area contributed by atoms with E-state index < -0.39 is 12.1 Å². The fraction of sp³-hybridized carbons (Fsp3) is 0.111. The van der Waals surface area contributed by atoms with Crippen LogP contribution >= 0.6 is 0 Å². The molecule has 2 N–H and O–H groups in total. The van der Waals surface area contributed by atoms with Crippen LogP contribution in [-0.4, -0.2) is 16.2 Å². The van der Waals surface area contributed by atoms with Gasteiger partial charge in [0.15, 0.2) is 6.10 Å². The first-order valence-corrected chi connectivity index (χ1v) is 3.56. The van der Waals surface area contributed by atoms with Crippen LogP contribution in [0.25, 0.3) is 0 Å². The van der Waals surface area contributed by atoms with Crippen molar-refractivity contribution in [3.05, 3.63) is 35.4 Å². The molecule has 0 saturated carbocycles. The Morgan fingerprint density at radius 2 is 1.92 bits per heavy atom. The highest BCUT2D eigenvalue weighted by molar-refractivity contribution is 5.87. The number of benzene rings is 1. The van der Waals surface area contributed by atoms with Crippen molar-refractivity contribution < 1.29 is 15.0 Å². The Balaban J connectivity index is 2.95. The number of carbonyl (C=O) groups is 1. The van der Waals surface area contributed by atoms with Gasteiger partial charge in [0, 0.05) is 0 Å². The third-order valence-corrected chi connectivity index (χ3v) is 1.60. The lowest BCUT2D eigenvalue weighted by Crippen LogP contribution is -1.98. The Bertz CT molecular complexity index is 350. The molecule has 4 nitrogen and oxygen atoms in total. The van der Waals surface area contributed by atoms with Crippen LogP contribution in [-0.2, 0) is 0 Å². The van der Waals surface area contributed by atoms with Crippen LogP contribution in [0, 0.1) is 11.3 Å². The molecule has 0 aromatic heterocycles. The molecule has 0 radical (unpaired) electrons. The van der Waals surface area contributed by atoms with Gasteiger partial charge in [-0.25, -0.2) is 4.79 Å². The van der Waals surface area contributed by atoms with E-state index in [9.17, 15) is 4.79 Å². The van der Waals surface area contributed by atoms with E-state index in [0.29, 0.717) is 5.56 Å². The normalized spacial score (nSPS) is 11.7. The molecule has 0 saturated heterocycles. The average Bonchev–Trinajstić information content (AvgIpc) is 2.17. The molecule has 0 aliphatic heterocycles. The van der Waals surface area contributed by atoms with E-state index in [1.165, 1.54) is 24.3 Å². The molecule has 1 aromatic rings. The van der Waals surface area contributed by atoms with E-state index in [-0.39, 0.29) is 5.56 Å². The summed E-state index contributed by atoms with van der Waals surface area (Å²) in [6.07, 6.45) is -1.19. The quantitative estimate of drug-likeness (QED) is 0.658. The third kappa shape index (κ3) is 2.04. The summed E-state index contributed by atoms with van der Waals surface area (Å²) in [6, 6.07) is 7.16. The van der Waals surface area contributed by atoms with Gasteiger partial charge in [0.25, 0.3) is 0 Å². The number of nitriles is 1. The highest BCUT2D eigenvalue weighted by Gasteiger charge is 2.06. The van der Waals surface area contributed by atoms with E-state index in [4.69, 9.17) is 15.5 Å². The number of aliphatic hydroxyl groups excluding tert-OH is 1. The highest BCUT2D eigenvalue weighted by atomic mass is 16.4. The Morgan fingerprint density at radius 1 is 1.38 bits per heavy atom. The maximum atomic E-state index is 10.4. The van der Waals surface area contributed by atoms with Gasteiger partial charge >= 0.3 is 5.97 Å². The van der Waals surface area contributed by atoms with Gasteiger partial charge < -0.3 is 10.2 Å². The zero-order chi connectivity index (χ0) is 9.84. The zero-order valence-corrected chi connectivity index (χ0v) is 6.64. The number of rotatable bonds is 2. The lowest BCUT2D eigenvalue weighted by Gasteiger charge is -2.01. The van der Waals surface area contributed by atoms with Crippen LogP contribution in [0.2, 0.25) is 0 Å². The monoisotopic (exact) mass is 177 g/mol. The number of aliphatic hydroxyl groups is 1. The van der Waals surface area contributed by atoms with Crippen molar-refractivity contribution in [2.45, 2.75) is 6.10 Å². The first kappa shape index (κ1) is 9.23. The Morgan fingerprint density at radius 3 is 2.31 bits per heavy atom. The number of carboxylic acid groups (broad SMARTS) is 1. The molecule has 0 amide bonds. The average molecular weight is 177 g/mol. The zero-order valence-electron chi connectivity index (χ0n) is 6.64. The number of nitrogens with zero attached hydrogens (tertiary/aromatic N) is 1. The van der Waals surface area contributed by atoms with Gasteiger partial charge in [0.05, 0.1) is 11.6 Å². The summed E-state index contributed by atoms with van der Waals surface area (Å²) >= 11 is 0. The molecule has 1 aromatic carbocycles. The van der Waals surface area contributed by atoms with Gasteiger partial charge in [-0.1, -0.05) is 12.1 Å². The minimum atomic E-state index is -1.19. The Kier molecular flexibility index (Phi) is 2.62. The second-order valence-electron chi connectivity index (χ2n) is 2.46. The Hall–Kier alpha value is -1.86. The minimum Gasteiger partial charge on any atom is -0.478 e. The summed E-state index contributed by atoms with van der Waals surface area (Å²) in [6.45, 7) is 0. The van der Waals surface area contributed by atoms with Crippen LogP contribution in [0.15, 0.2) is 24.3 Å². The van der Waals surface area contributed by atoms with Crippen molar-refractivity contribution in [1.82, 2.24) is 0 Å². The lowest BCUT2D eigenvalue weighted by molar-refractivity contribution is 0.0696. The number of aromatic carboxylic acids is 1. The molecule has 1 unspecified atom stereocenters. The number of carboxylic acids is 1. The first-order valence-electron chi connectivity index (χ1n) is 3.56. The summed E-state index contributed by atoms with van der Waals surface area (Å²) in [4.78, 5) is 10.4. The topological polar surface area (TPSA) is 81.3 Å². The Labute approximate surface area is 74.7 Å². The van der Waals surface area contributed by atoms with Crippen LogP contribution in [0.4, 0.5) is 0 Å². The standard InChI is InChI=1S/C9H7NO3/c10-5-8(11)6-1-3-7(4-2-6)9(12)13/h1-4,8,11H,(H,12,13). The highest BCUT2D eigenvalue weighted by Crippen LogP contribution is 2.12. The van der Waals surface area contributed by atoms with Crippen molar-refractivity contribution >= 4 is 5.97 Å². The summed E-state index contributed by atoms with van der Waals surface area (Å²) < 4.78 is 0. The second-order valence-corrected chi connectivity index (χ2v) is 2.46. The largest absolute Gasteiger partial charge is 0.478 e. The molecule has 0 aliphatic rings. The maximum Gasteiger partial charge on any atom is 0.335 e. The molecule has 0 bridgehead atoms. The van der Waals surface area contributed by atoms with Crippen LogP contribution < -0.4 is 0 Å². The molecule has 0 aliphatic carbocycles. The van der Waals surface area contributed by atoms with Crippen molar-refractivity contribution in [3.8, 4) is 6.07 Å². The molecule has 66 valence electrons. The fourth-order valence-electron chi connectivity index (χ4n) is 0.883. The van der Waals surface area contributed by atoms with Crippen molar-refractivity contribution in [3.63, 3.8) is 0 Å². The third-order valence-electron chi connectivity index (χ3n) is 1.60. The maximum absolute atomic E-state index is 10.4. The predicted octanol–water partition coefficient (Wildman–Crippen LogP) is 0.942. The molecule has 4 heteroatoms. The van der Waals surface area contributed by atoms with Gasteiger partial charge in [-0.3, -0.25) is 0 Å². The molecule has 13 heavy (non-hydrogen) atoms. The van der Waals surface area contributed by atoms with Gasteiger partial charge in [-0.15, -0.1) is 0 Å². The predicted molar refractivity (Wildman–Crippen MR) is 44.0 cm³/mol. The van der Waals surface area contributed by atoms with Gasteiger partial charge in [-0.05, 0) is 17.7 Å². The number of hydrogen-bond acceptors (Lipinski definition) is 3. The molecule has 0 spiro atoms. The molecule has 0 fully saturated rings. The van der Waals surface area contributed by atoms with E-state index >= 15 is 0 Å². The lowest BCUT2D eigenvalue weighted by atomic mass is 10.1. The van der Waals surface area contributed by atoms with Gasteiger partial charge in [0.2, 0.25) is 0 Å². The minimum absolute atomic E-state index is 0.133. The summed E-state index contributed by atoms with van der Waals surface area (Å²) in [5.41, 5.74) is 0.529. The summed E-state index contributed by atoms with van der Waals surface area (Å²) in [7, 11) is 0. The molecule has 0 heterocycles. The first-order chi connectivity index (χ1) is 6.15.